The Hall–Kier alpha value is -2.97. The summed E-state index contributed by atoms with van der Waals surface area (Å²) in [5, 5.41) is 7.13. The van der Waals surface area contributed by atoms with E-state index in [-0.39, 0.29) is 30.3 Å². The molecule has 2 amide bonds. The lowest BCUT2D eigenvalue weighted by molar-refractivity contribution is -0.137. The van der Waals surface area contributed by atoms with Crippen LogP contribution in [-0.2, 0) is 16.1 Å². The number of nitrogens with one attached hydrogen (secondary N) is 1. The number of aromatic nitrogens is 4. The summed E-state index contributed by atoms with van der Waals surface area (Å²) >= 11 is 0. The van der Waals surface area contributed by atoms with Crippen LogP contribution in [-0.4, -0.2) is 68.7 Å². The van der Waals surface area contributed by atoms with E-state index in [0.29, 0.717) is 13.1 Å². The SMILES string of the molecule is O=C(Cn1cccn1)NC1CCC(C(=O)N2CCN(c3ncccn3)CC2)CC1. The molecule has 0 atom stereocenters. The molecule has 0 aromatic carbocycles. The number of anilines is 1. The first-order chi connectivity index (χ1) is 14.2. The van der Waals surface area contributed by atoms with Crippen molar-refractivity contribution in [2.24, 2.45) is 5.92 Å². The molecule has 0 radical (unpaired) electrons. The van der Waals surface area contributed by atoms with Crippen molar-refractivity contribution in [3.63, 3.8) is 0 Å². The number of nitrogens with zero attached hydrogens (tertiary/aromatic N) is 6. The Morgan fingerprint density at radius 2 is 1.69 bits per heavy atom. The van der Waals surface area contributed by atoms with E-state index in [2.05, 4.69) is 25.3 Å². The summed E-state index contributed by atoms with van der Waals surface area (Å²) in [6.45, 7) is 3.17. The molecule has 3 heterocycles. The minimum Gasteiger partial charge on any atom is -0.352 e. The van der Waals surface area contributed by atoms with Crippen molar-refractivity contribution >= 4 is 17.8 Å². The van der Waals surface area contributed by atoms with Crippen molar-refractivity contribution in [1.82, 2.24) is 30.0 Å². The van der Waals surface area contributed by atoms with Crippen LogP contribution in [0.5, 0.6) is 0 Å². The van der Waals surface area contributed by atoms with Gasteiger partial charge in [-0.05, 0) is 37.8 Å². The number of piperazine rings is 1. The number of carbonyl (C=O) groups excluding carboxylic acids is 2. The molecule has 0 spiro atoms. The Morgan fingerprint density at radius 3 is 2.34 bits per heavy atom. The maximum Gasteiger partial charge on any atom is 0.241 e. The first kappa shape index (κ1) is 19.4. The Morgan fingerprint density at radius 1 is 0.966 bits per heavy atom. The van der Waals surface area contributed by atoms with Crippen molar-refractivity contribution in [2.45, 2.75) is 38.3 Å². The number of carbonyl (C=O) groups is 2. The average molecular weight is 397 g/mol. The van der Waals surface area contributed by atoms with Gasteiger partial charge in [-0.2, -0.15) is 5.10 Å². The van der Waals surface area contributed by atoms with Crippen LogP contribution >= 0.6 is 0 Å². The number of hydrogen-bond acceptors (Lipinski definition) is 6. The lowest BCUT2D eigenvalue weighted by Gasteiger charge is -2.38. The second-order valence-corrected chi connectivity index (χ2v) is 7.68. The summed E-state index contributed by atoms with van der Waals surface area (Å²) < 4.78 is 1.62. The lowest BCUT2D eigenvalue weighted by atomic mass is 9.85. The molecule has 9 nitrogen and oxygen atoms in total. The molecule has 0 bridgehead atoms. The molecule has 1 aliphatic carbocycles. The largest absolute Gasteiger partial charge is 0.352 e. The maximum atomic E-state index is 12.9. The molecule has 9 heteroatoms. The smallest absolute Gasteiger partial charge is 0.241 e. The molecule has 154 valence electrons. The van der Waals surface area contributed by atoms with Crippen LogP contribution in [0.15, 0.2) is 36.9 Å². The number of rotatable bonds is 5. The normalized spacial score (nSPS) is 22.3. The lowest BCUT2D eigenvalue weighted by Crippen LogP contribution is -2.51. The highest BCUT2D eigenvalue weighted by Crippen LogP contribution is 2.26. The molecule has 4 rings (SSSR count). The first-order valence-electron chi connectivity index (χ1n) is 10.3. The van der Waals surface area contributed by atoms with Gasteiger partial charge < -0.3 is 15.1 Å². The summed E-state index contributed by atoms with van der Waals surface area (Å²) in [6, 6.07) is 3.75. The van der Waals surface area contributed by atoms with Crippen molar-refractivity contribution in [1.29, 1.82) is 0 Å². The van der Waals surface area contributed by atoms with E-state index in [1.165, 1.54) is 0 Å². The Bertz CT molecular complexity index is 796. The fourth-order valence-electron chi connectivity index (χ4n) is 4.14. The molecule has 1 saturated carbocycles. The molecule has 2 aromatic rings. The predicted octanol–water partition coefficient (Wildman–Crippen LogP) is 0.697. The van der Waals surface area contributed by atoms with E-state index in [0.717, 1.165) is 44.7 Å². The molecule has 0 unspecified atom stereocenters. The van der Waals surface area contributed by atoms with E-state index in [4.69, 9.17) is 0 Å². The highest BCUT2D eigenvalue weighted by Gasteiger charge is 2.31. The minimum atomic E-state index is -0.0253. The fourth-order valence-corrected chi connectivity index (χ4v) is 4.14. The van der Waals surface area contributed by atoms with Gasteiger partial charge in [-0.1, -0.05) is 0 Å². The molecule has 2 aliphatic rings. The third-order valence-corrected chi connectivity index (χ3v) is 5.73. The topological polar surface area (TPSA) is 96.2 Å². The second-order valence-electron chi connectivity index (χ2n) is 7.68. The van der Waals surface area contributed by atoms with E-state index in [1.807, 2.05) is 4.90 Å². The quantitative estimate of drug-likeness (QED) is 0.798. The molecule has 1 N–H and O–H groups in total. The summed E-state index contributed by atoms with van der Waals surface area (Å²) in [7, 11) is 0. The van der Waals surface area contributed by atoms with Crippen LogP contribution in [0.1, 0.15) is 25.7 Å². The molecular formula is C20H27N7O2. The van der Waals surface area contributed by atoms with Gasteiger partial charge in [0.2, 0.25) is 17.8 Å². The fraction of sp³-hybridized carbons (Fsp3) is 0.550. The van der Waals surface area contributed by atoms with Gasteiger partial charge in [0.25, 0.3) is 0 Å². The molecule has 1 aliphatic heterocycles. The Kier molecular flexibility index (Phi) is 6.02. The molecule has 2 aromatic heterocycles. The maximum absolute atomic E-state index is 12.9. The monoisotopic (exact) mass is 397 g/mol. The van der Waals surface area contributed by atoms with Gasteiger partial charge in [0.05, 0.1) is 0 Å². The molecule has 2 fully saturated rings. The van der Waals surface area contributed by atoms with Crippen LogP contribution in [0.2, 0.25) is 0 Å². The van der Waals surface area contributed by atoms with Gasteiger partial charge in [0, 0.05) is 62.9 Å². The van der Waals surface area contributed by atoms with Gasteiger partial charge in [0.15, 0.2) is 0 Å². The van der Waals surface area contributed by atoms with Crippen molar-refractivity contribution in [3.8, 4) is 0 Å². The average Bonchev–Trinajstić information content (AvgIpc) is 3.27. The van der Waals surface area contributed by atoms with Gasteiger partial charge in [0.1, 0.15) is 6.54 Å². The standard InChI is InChI=1S/C20H27N7O2/c28-18(15-27-10-2-9-23-27)24-17-5-3-16(4-6-17)19(29)25-11-13-26(14-12-25)20-21-7-1-8-22-20/h1-2,7-10,16-17H,3-6,11-15H2,(H,24,28). The van der Waals surface area contributed by atoms with Crippen LogP contribution in [0, 0.1) is 5.92 Å². The third kappa shape index (κ3) is 4.90. The van der Waals surface area contributed by atoms with Crippen molar-refractivity contribution < 1.29 is 9.59 Å². The zero-order valence-electron chi connectivity index (χ0n) is 16.5. The molecule has 29 heavy (non-hydrogen) atoms. The number of amides is 2. The first-order valence-corrected chi connectivity index (χ1v) is 10.3. The van der Waals surface area contributed by atoms with Gasteiger partial charge in [-0.15, -0.1) is 0 Å². The molecular weight excluding hydrogens is 370 g/mol. The minimum absolute atomic E-state index is 0.0253. The van der Waals surface area contributed by atoms with Gasteiger partial charge >= 0.3 is 0 Å². The summed E-state index contributed by atoms with van der Waals surface area (Å²) in [5.41, 5.74) is 0. The zero-order valence-corrected chi connectivity index (χ0v) is 16.5. The molecule has 1 saturated heterocycles. The Labute approximate surface area is 170 Å². The zero-order chi connectivity index (χ0) is 20.1. The third-order valence-electron chi connectivity index (χ3n) is 5.73. The second kappa shape index (κ2) is 9.02. The van der Waals surface area contributed by atoms with E-state index in [9.17, 15) is 9.59 Å². The number of hydrogen-bond donors (Lipinski definition) is 1. The van der Waals surface area contributed by atoms with E-state index in [1.54, 1.807) is 41.6 Å². The predicted molar refractivity (Wildman–Crippen MR) is 107 cm³/mol. The van der Waals surface area contributed by atoms with Gasteiger partial charge in [-0.25, -0.2) is 9.97 Å². The van der Waals surface area contributed by atoms with E-state index < -0.39 is 0 Å². The summed E-state index contributed by atoms with van der Waals surface area (Å²) in [5.74, 6) is 1.02. The van der Waals surface area contributed by atoms with Crippen LogP contribution in [0.25, 0.3) is 0 Å². The highest BCUT2D eigenvalue weighted by atomic mass is 16.2. The van der Waals surface area contributed by atoms with Crippen LogP contribution < -0.4 is 10.2 Å². The summed E-state index contributed by atoms with van der Waals surface area (Å²) in [6.07, 6.45) is 10.3. The van der Waals surface area contributed by atoms with Crippen molar-refractivity contribution in [3.05, 3.63) is 36.9 Å². The van der Waals surface area contributed by atoms with Crippen LogP contribution in [0.4, 0.5) is 5.95 Å². The summed E-state index contributed by atoms with van der Waals surface area (Å²) in [4.78, 5) is 37.7. The van der Waals surface area contributed by atoms with Crippen molar-refractivity contribution in [2.75, 3.05) is 31.1 Å². The Balaban J connectivity index is 1.20. The highest BCUT2D eigenvalue weighted by molar-refractivity contribution is 5.79. The van der Waals surface area contributed by atoms with E-state index >= 15 is 0 Å². The van der Waals surface area contributed by atoms with Crippen LogP contribution in [0.3, 0.4) is 0 Å². The van der Waals surface area contributed by atoms with Gasteiger partial charge in [-0.3, -0.25) is 14.3 Å².